The van der Waals surface area contributed by atoms with E-state index in [9.17, 15) is 14.7 Å². The molecule has 0 saturated carbocycles. The molecule has 1 amide bonds. The van der Waals surface area contributed by atoms with E-state index in [-0.39, 0.29) is 22.6 Å². The fraction of sp³-hybridized carbons (Fsp3) is 0.222. The van der Waals surface area contributed by atoms with Crippen molar-refractivity contribution in [1.82, 2.24) is 0 Å². The van der Waals surface area contributed by atoms with E-state index in [4.69, 9.17) is 19.3 Å². The van der Waals surface area contributed by atoms with Crippen molar-refractivity contribution in [2.75, 3.05) is 26.6 Å². The molecule has 0 heterocycles. The minimum absolute atomic E-state index is 0.224. The summed E-state index contributed by atoms with van der Waals surface area (Å²) in [6.07, 6.45) is 0. The van der Waals surface area contributed by atoms with E-state index in [1.54, 1.807) is 0 Å². The first kappa shape index (κ1) is 18.9. The number of rotatable bonds is 6. The molecular weight excluding hydrogens is 342 g/mol. The lowest BCUT2D eigenvalue weighted by atomic mass is 10.1. The lowest BCUT2D eigenvalue weighted by molar-refractivity contribution is 0.0693. The maximum absolute atomic E-state index is 12.6. The Labute approximate surface area is 149 Å². The molecule has 0 unspecified atom stereocenters. The highest BCUT2D eigenvalue weighted by molar-refractivity contribution is 6.06. The van der Waals surface area contributed by atoms with Crippen LogP contribution in [0.1, 0.15) is 26.3 Å². The molecule has 26 heavy (non-hydrogen) atoms. The number of methoxy groups -OCH3 is 3. The quantitative estimate of drug-likeness (QED) is 0.678. The third-order valence-electron chi connectivity index (χ3n) is 3.72. The number of amides is 1. The minimum atomic E-state index is -1.30. The average molecular weight is 361 g/mol. The van der Waals surface area contributed by atoms with E-state index in [0.29, 0.717) is 22.8 Å². The molecule has 0 aliphatic carbocycles. The van der Waals surface area contributed by atoms with Crippen LogP contribution in [0.4, 0.5) is 5.69 Å². The van der Waals surface area contributed by atoms with Gasteiger partial charge in [-0.15, -0.1) is 0 Å². The third-order valence-corrected chi connectivity index (χ3v) is 3.72. The molecule has 0 saturated heterocycles. The van der Waals surface area contributed by atoms with Crippen LogP contribution in [-0.2, 0) is 0 Å². The Morgan fingerprint density at radius 3 is 2.00 bits per heavy atom. The first-order valence-corrected chi connectivity index (χ1v) is 7.50. The van der Waals surface area contributed by atoms with Crippen molar-refractivity contribution in [3.05, 3.63) is 41.0 Å². The van der Waals surface area contributed by atoms with Gasteiger partial charge in [-0.05, 0) is 36.8 Å². The summed E-state index contributed by atoms with van der Waals surface area (Å²) in [6.45, 7) is 1.54. The zero-order valence-electron chi connectivity index (χ0n) is 14.7. The fourth-order valence-corrected chi connectivity index (χ4v) is 2.43. The Balaban J connectivity index is 2.41. The van der Waals surface area contributed by atoms with Crippen molar-refractivity contribution in [3.8, 4) is 23.0 Å². The second-order valence-corrected chi connectivity index (χ2v) is 5.36. The summed E-state index contributed by atoms with van der Waals surface area (Å²) in [7, 11) is 4.32. The number of carbonyl (C=O) groups excluding carboxylic acids is 1. The molecule has 0 bridgehead atoms. The zero-order valence-corrected chi connectivity index (χ0v) is 14.7. The van der Waals surface area contributed by atoms with Gasteiger partial charge in [0.05, 0.1) is 21.3 Å². The molecule has 2 rings (SSSR count). The van der Waals surface area contributed by atoms with Gasteiger partial charge in [0.2, 0.25) is 5.75 Å². The van der Waals surface area contributed by atoms with E-state index >= 15 is 0 Å². The standard InChI is InChI=1S/C18H19NO7/c1-9-5-11(8-12(15(9)20)18(22)23)19-17(21)10-6-13(24-2)16(26-4)14(7-10)25-3/h5-8,20H,1-4H3,(H,19,21)(H,22,23). The summed E-state index contributed by atoms with van der Waals surface area (Å²) < 4.78 is 15.6. The molecule has 0 aliphatic rings. The molecule has 0 aliphatic heterocycles. The molecule has 8 nitrogen and oxygen atoms in total. The summed E-state index contributed by atoms with van der Waals surface area (Å²) in [5.74, 6) is -1.18. The van der Waals surface area contributed by atoms with E-state index in [2.05, 4.69) is 5.32 Å². The van der Waals surface area contributed by atoms with Crippen molar-refractivity contribution < 1.29 is 34.0 Å². The monoisotopic (exact) mass is 361 g/mol. The molecule has 0 radical (unpaired) electrons. The normalized spacial score (nSPS) is 10.2. The predicted molar refractivity (Wildman–Crippen MR) is 93.9 cm³/mol. The number of hydrogen-bond acceptors (Lipinski definition) is 6. The van der Waals surface area contributed by atoms with Crippen LogP contribution in [-0.4, -0.2) is 43.4 Å². The summed E-state index contributed by atoms with van der Waals surface area (Å²) in [4.78, 5) is 23.8. The van der Waals surface area contributed by atoms with Gasteiger partial charge in [-0.1, -0.05) is 0 Å². The first-order chi connectivity index (χ1) is 12.3. The van der Waals surface area contributed by atoms with Crippen LogP contribution in [0.5, 0.6) is 23.0 Å². The van der Waals surface area contributed by atoms with Crippen molar-refractivity contribution in [1.29, 1.82) is 0 Å². The summed E-state index contributed by atoms with van der Waals surface area (Å²) in [5, 5.41) is 21.5. The van der Waals surface area contributed by atoms with Gasteiger partial charge in [0.25, 0.3) is 5.91 Å². The number of aryl methyl sites for hydroxylation is 1. The van der Waals surface area contributed by atoms with Gasteiger partial charge in [-0.25, -0.2) is 4.79 Å². The predicted octanol–water partition coefficient (Wildman–Crippen LogP) is 2.68. The number of aromatic carboxylic acids is 1. The summed E-state index contributed by atoms with van der Waals surface area (Å²) in [5.41, 5.74) is 0.480. The second kappa shape index (κ2) is 7.64. The lowest BCUT2D eigenvalue weighted by Gasteiger charge is -2.14. The van der Waals surface area contributed by atoms with Crippen molar-refractivity contribution >= 4 is 17.6 Å². The van der Waals surface area contributed by atoms with Gasteiger partial charge < -0.3 is 29.7 Å². The van der Waals surface area contributed by atoms with Gasteiger partial charge in [-0.2, -0.15) is 0 Å². The van der Waals surface area contributed by atoms with Crippen LogP contribution in [0, 0.1) is 6.92 Å². The molecule has 138 valence electrons. The molecule has 0 spiro atoms. The minimum Gasteiger partial charge on any atom is -0.507 e. The number of phenols is 1. The largest absolute Gasteiger partial charge is 0.507 e. The van der Waals surface area contributed by atoms with E-state index in [0.717, 1.165) is 0 Å². The number of ether oxygens (including phenoxy) is 3. The number of benzene rings is 2. The first-order valence-electron chi connectivity index (χ1n) is 7.50. The number of nitrogens with one attached hydrogen (secondary N) is 1. The van der Waals surface area contributed by atoms with Gasteiger partial charge in [0.1, 0.15) is 11.3 Å². The molecule has 8 heteroatoms. The van der Waals surface area contributed by atoms with Gasteiger partial charge in [-0.3, -0.25) is 4.79 Å². The van der Waals surface area contributed by atoms with Crippen LogP contribution >= 0.6 is 0 Å². The summed E-state index contributed by atoms with van der Waals surface area (Å²) in [6, 6.07) is 5.60. The lowest BCUT2D eigenvalue weighted by Crippen LogP contribution is -2.13. The van der Waals surface area contributed by atoms with Gasteiger partial charge in [0.15, 0.2) is 11.5 Å². The number of hydrogen-bond donors (Lipinski definition) is 3. The highest BCUT2D eigenvalue weighted by atomic mass is 16.5. The highest BCUT2D eigenvalue weighted by Crippen LogP contribution is 2.38. The van der Waals surface area contributed by atoms with Crippen LogP contribution < -0.4 is 19.5 Å². The molecule has 0 atom stereocenters. The molecule has 2 aromatic rings. The number of aromatic hydroxyl groups is 1. The molecule has 0 fully saturated rings. The number of carboxylic acids is 1. The van der Waals surface area contributed by atoms with Crippen molar-refractivity contribution in [2.45, 2.75) is 6.92 Å². The SMILES string of the molecule is COc1cc(C(=O)Nc2cc(C)c(O)c(C(=O)O)c2)cc(OC)c1OC. The molecule has 2 aromatic carbocycles. The highest BCUT2D eigenvalue weighted by Gasteiger charge is 2.19. The van der Waals surface area contributed by atoms with Crippen molar-refractivity contribution in [2.24, 2.45) is 0 Å². The van der Waals surface area contributed by atoms with Crippen molar-refractivity contribution in [3.63, 3.8) is 0 Å². The Morgan fingerprint density at radius 2 is 1.54 bits per heavy atom. The summed E-state index contributed by atoms with van der Waals surface area (Å²) >= 11 is 0. The smallest absolute Gasteiger partial charge is 0.339 e. The van der Waals surface area contributed by atoms with E-state index in [1.165, 1.54) is 52.5 Å². The van der Waals surface area contributed by atoms with Crippen LogP contribution in [0.25, 0.3) is 0 Å². The van der Waals surface area contributed by atoms with E-state index in [1.807, 2.05) is 0 Å². The molecule has 3 N–H and O–H groups in total. The van der Waals surface area contributed by atoms with Gasteiger partial charge in [0, 0.05) is 11.3 Å². The van der Waals surface area contributed by atoms with Crippen LogP contribution in [0.3, 0.4) is 0 Å². The third kappa shape index (κ3) is 3.64. The maximum atomic E-state index is 12.6. The number of carbonyl (C=O) groups is 2. The van der Waals surface area contributed by atoms with Crippen LogP contribution in [0.2, 0.25) is 0 Å². The molecule has 0 aromatic heterocycles. The molecular formula is C18H19NO7. The second-order valence-electron chi connectivity index (χ2n) is 5.36. The Morgan fingerprint density at radius 1 is 0.962 bits per heavy atom. The topological polar surface area (TPSA) is 114 Å². The van der Waals surface area contributed by atoms with E-state index < -0.39 is 11.9 Å². The fourth-order valence-electron chi connectivity index (χ4n) is 2.43. The maximum Gasteiger partial charge on any atom is 0.339 e. The van der Waals surface area contributed by atoms with Gasteiger partial charge >= 0.3 is 5.97 Å². The number of carboxylic acid groups (broad SMARTS) is 1. The average Bonchev–Trinajstić information content (AvgIpc) is 2.62. The number of anilines is 1. The Hall–Kier alpha value is -3.42. The Kier molecular flexibility index (Phi) is 5.56. The van der Waals surface area contributed by atoms with Crippen LogP contribution in [0.15, 0.2) is 24.3 Å². The zero-order chi connectivity index (χ0) is 19.4. The Bertz CT molecular complexity index is 836.